The zero-order chi connectivity index (χ0) is 16.9. The predicted molar refractivity (Wildman–Crippen MR) is 92.3 cm³/mol. The fourth-order valence-electron chi connectivity index (χ4n) is 2.62. The highest BCUT2D eigenvalue weighted by atomic mass is 16.5. The molecule has 1 aliphatic rings. The molecule has 2 heterocycles. The highest BCUT2D eigenvalue weighted by molar-refractivity contribution is 5.99. The summed E-state index contributed by atoms with van der Waals surface area (Å²) in [5.41, 5.74) is 5.76. The number of carbonyl (C=O) groups excluding carboxylic acids is 1. The van der Waals surface area contributed by atoms with E-state index in [9.17, 15) is 4.79 Å². The number of rotatable bonds is 6. The second-order valence-corrected chi connectivity index (χ2v) is 5.58. The molecule has 0 bridgehead atoms. The lowest BCUT2D eigenvalue weighted by molar-refractivity contribution is -0.126. The number of ether oxygens (including phenoxy) is 2. The van der Waals surface area contributed by atoms with Gasteiger partial charge < -0.3 is 15.2 Å². The topological polar surface area (TPSA) is 77.7 Å². The maximum atomic E-state index is 12.6. The summed E-state index contributed by atoms with van der Waals surface area (Å²) in [6.45, 7) is 2.95. The summed E-state index contributed by atoms with van der Waals surface area (Å²) < 4.78 is 11.4. The van der Waals surface area contributed by atoms with Gasteiger partial charge in [0.25, 0.3) is 5.91 Å². The number of pyridine rings is 1. The molecular formula is C18H21N3O3. The molecule has 6 nitrogen and oxygen atoms in total. The van der Waals surface area contributed by atoms with E-state index < -0.39 is 6.10 Å². The Balaban J connectivity index is 1.67. The Labute approximate surface area is 141 Å². The highest BCUT2D eigenvalue weighted by Crippen LogP contribution is 2.33. The number of hydrogen-bond acceptors (Lipinski definition) is 5. The Morgan fingerprint density at radius 3 is 2.79 bits per heavy atom. The minimum absolute atomic E-state index is 0.0807. The third-order valence-corrected chi connectivity index (χ3v) is 3.84. The van der Waals surface area contributed by atoms with Crippen LogP contribution in [-0.4, -0.2) is 30.1 Å². The molecule has 1 aliphatic heterocycles. The van der Waals surface area contributed by atoms with Gasteiger partial charge in [0.15, 0.2) is 17.7 Å². The average molecular weight is 327 g/mol. The molecule has 2 aromatic rings. The number of aromatic nitrogens is 1. The van der Waals surface area contributed by atoms with Crippen molar-refractivity contribution in [3.05, 3.63) is 42.5 Å². The Morgan fingerprint density at radius 1 is 1.25 bits per heavy atom. The number of benzene rings is 1. The van der Waals surface area contributed by atoms with Crippen LogP contribution in [0.4, 0.5) is 11.6 Å². The Hall–Kier alpha value is -2.76. The summed E-state index contributed by atoms with van der Waals surface area (Å²) in [5, 5.41) is 0. The van der Waals surface area contributed by atoms with Crippen LogP contribution in [0.2, 0.25) is 0 Å². The quantitative estimate of drug-likeness (QED) is 0.825. The van der Waals surface area contributed by atoms with Gasteiger partial charge in [-0.15, -0.1) is 0 Å². The van der Waals surface area contributed by atoms with Crippen LogP contribution in [0.1, 0.15) is 19.8 Å². The van der Waals surface area contributed by atoms with Crippen LogP contribution >= 0.6 is 0 Å². The average Bonchev–Trinajstić information content (AvgIpc) is 2.61. The number of nitrogen functional groups attached to an aromatic ring is 1. The van der Waals surface area contributed by atoms with Crippen molar-refractivity contribution in [3.8, 4) is 11.5 Å². The largest absolute Gasteiger partial charge is 0.494 e. The third-order valence-electron chi connectivity index (χ3n) is 3.84. The number of carbonyl (C=O) groups is 1. The fourth-order valence-corrected chi connectivity index (χ4v) is 2.62. The van der Waals surface area contributed by atoms with Crippen LogP contribution < -0.4 is 20.1 Å². The molecule has 1 amide bonds. The van der Waals surface area contributed by atoms with Gasteiger partial charge in [0.05, 0.1) is 6.61 Å². The lowest BCUT2D eigenvalue weighted by atomic mass is 10.2. The second kappa shape index (κ2) is 7.21. The summed E-state index contributed by atoms with van der Waals surface area (Å²) in [5.74, 6) is 2.19. The van der Waals surface area contributed by atoms with E-state index >= 15 is 0 Å². The van der Waals surface area contributed by atoms with E-state index in [2.05, 4.69) is 4.98 Å². The summed E-state index contributed by atoms with van der Waals surface area (Å²) in [7, 11) is 0. The molecule has 0 spiro atoms. The number of amides is 1. The molecule has 1 unspecified atom stereocenters. The normalized spacial score (nSPS) is 16.5. The molecule has 6 heteroatoms. The molecule has 0 aliphatic carbocycles. The first-order valence-electron chi connectivity index (χ1n) is 8.11. The molecule has 1 aromatic carbocycles. The van der Waals surface area contributed by atoms with Crippen molar-refractivity contribution < 1.29 is 14.3 Å². The molecule has 0 saturated carbocycles. The van der Waals surface area contributed by atoms with E-state index in [4.69, 9.17) is 15.2 Å². The Bertz CT molecular complexity index is 706. The van der Waals surface area contributed by atoms with E-state index in [0.29, 0.717) is 43.4 Å². The molecule has 1 aromatic heterocycles. The van der Waals surface area contributed by atoms with Crippen molar-refractivity contribution >= 4 is 17.5 Å². The lowest BCUT2D eigenvalue weighted by Crippen LogP contribution is -2.46. The van der Waals surface area contributed by atoms with Gasteiger partial charge in [0.2, 0.25) is 0 Å². The van der Waals surface area contributed by atoms with Crippen molar-refractivity contribution in [2.24, 2.45) is 0 Å². The molecule has 2 N–H and O–H groups in total. The molecule has 24 heavy (non-hydrogen) atoms. The number of fused-ring (bicyclic) bond motifs is 1. The van der Waals surface area contributed by atoms with Crippen molar-refractivity contribution in [2.45, 2.75) is 25.9 Å². The Kier molecular flexibility index (Phi) is 4.84. The smallest absolute Gasteiger partial charge is 0.269 e. The van der Waals surface area contributed by atoms with Gasteiger partial charge in [-0.2, -0.15) is 0 Å². The first-order valence-corrected chi connectivity index (χ1v) is 8.11. The number of para-hydroxylation sites is 1. The molecule has 0 radical (unpaired) electrons. The van der Waals surface area contributed by atoms with Crippen molar-refractivity contribution in [1.29, 1.82) is 0 Å². The van der Waals surface area contributed by atoms with Crippen LogP contribution in [0.5, 0.6) is 11.5 Å². The Morgan fingerprint density at radius 2 is 2.04 bits per heavy atom. The van der Waals surface area contributed by atoms with E-state index in [-0.39, 0.29) is 5.91 Å². The molecule has 3 rings (SSSR count). The van der Waals surface area contributed by atoms with E-state index in [1.807, 2.05) is 37.3 Å². The van der Waals surface area contributed by atoms with Crippen molar-refractivity contribution in [1.82, 2.24) is 4.98 Å². The second-order valence-electron chi connectivity index (χ2n) is 5.58. The number of nitrogens with two attached hydrogens (primary N) is 1. The number of nitrogens with zero attached hydrogens (tertiary/aromatic N) is 2. The van der Waals surface area contributed by atoms with E-state index in [0.717, 1.165) is 5.75 Å². The lowest BCUT2D eigenvalue weighted by Gasteiger charge is -2.33. The first-order chi connectivity index (χ1) is 11.7. The van der Waals surface area contributed by atoms with Crippen LogP contribution in [-0.2, 0) is 4.79 Å². The van der Waals surface area contributed by atoms with E-state index in [1.54, 1.807) is 17.0 Å². The molecule has 1 atom stereocenters. The van der Waals surface area contributed by atoms with Crippen LogP contribution in [0, 0.1) is 0 Å². The zero-order valence-electron chi connectivity index (χ0n) is 13.6. The van der Waals surface area contributed by atoms with Crippen LogP contribution in [0.25, 0.3) is 0 Å². The molecule has 126 valence electrons. The highest BCUT2D eigenvalue weighted by Gasteiger charge is 2.34. The molecular weight excluding hydrogens is 306 g/mol. The minimum Gasteiger partial charge on any atom is -0.494 e. The first kappa shape index (κ1) is 16.1. The monoisotopic (exact) mass is 327 g/mol. The number of anilines is 2. The molecule has 0 saturated heterocycles. The van der Waals surface area contributed by atoms with Gasteiger partial charge in [-0.05, 0) is 37.1 Å². The van der Waals surface area contributed by atoms with Gasteiger partial charge in [0.1, 0.15) is 11.6 Å². The van der Waals surface area contributed by atoms with Gasteiger partial charge in [-0.1, -0.05) is 25.1 Å². The molecule has 0 fully saturated rings. The minimum atomic E-state index is -0.474. The fraction of sp³-hybridized carbons (Fsp3) is 0.333. The van der Waals surface area contributed by atoms with Gasteiger partial charge in [-0.25, -0.2) is 4.98 Å². The zero-order valence-corrected chi connectivity index (χ0v) is 13.6. The van der Waals surface area contributed by atoms with Crippen molar-refractivity contribution in [3.63, 3.8) is 0 Å². The van der Waals surface area contributed by atoms with Gasteiger partial charge in [-0.3, -0.25) is 9.69 Å². The van der Waals surface area contributed by atoms with Gasteiger partial charge in [0, 0.05) is 6.54 Å². The maximum Gasteiger partial charge on any atom is 0.269 e. The summed E-state index contributed by atoms with van der Waals surface area (Å²) >= 11 is 0. The van der Waals surface area contributed by atoms with Crippen LogP contribution in [0.3, 0.4) is 0 Å². The van der Waals surface area contributed by atoms with Gasteiger partial charge >= 0.3 is 0 Å². The third kappa shape index (κ3) is 3.42. The summed E-state index contributed by atoms with van der Waals surface area (Å²) in [6, 6.07) is 13.1. The number of hydrogen-bond donors (Lipinski definition) is 1. The summed E-state index contributed by atoms with van der Waals surface area (Å²) in [6.07, 6.45) is 0.824. The predicted octanol–water partition coefficient (Wildman–Crippen LogP) is 2.64. The maximum absolute atomic E-state index is 12.6. The summed E-state index contributed by atoms with van der Waals surface area (Å²) in [4.78, 5) is 18.5. The van der Waals surface area contributed by atoms with E-state index in [1.165, 1.54) is 0 Å². The van der Waals surface area contributed by atoms with Crippen LogP contribution in [0.15, 0.2) is 42.5 Å². The SMILES string of the molecule is CCC1Oc2ccc(N)nc2N(CCCOc2ccccc2)C1=O. The van der Waals surface area contributed by atoms with Crippen molar-refractivity contribution in [2.75, 3.05) is 23.8 Å². The standard InChI is InChI=1S/C18H21N3O3/c1-2-14-18(22)21(17-15(24-14)9-10-16(19)20-17)11-6-12-23-13-7-4-3-5-8-13/h3-5,7-10,14H,2,6,11-12H2,1H3,(H2,19,20).